The highest BCUT2D eigenvalue weighted by molar-refractivity contribution is 7.13. The van der Waals surface area contributed by atoms with Crippen molar-refractivity contribution in [3.8, 4) is 39.4 Å². The van der Waals surface area contributed by atoms with Crippen molar-refractivity contribution in [3.05, 3.63) is 77.1 Å². The van der Waals surface area contributed by atoms with Crippen LogP contribution in [0, 0.1) is 11.3 Å². The molecule has 1 aromatic carbocycles. The fraction of sp³-hybridized carbons (Fsp3) is 0.0870. The van der Waals surface area contributed by atoms with Crippen LogP contribution in [-0.2, 0) is 11.3 Å². The highest BCUT2D eigenvalue weighted by Crippen LogP contribution is 2.35. The molecule has 7 nitrogen and oxygen atoms in total. The van der Waals surface area contributed by atoms with Gasteiger partial charge in [0.05, 0.1) is 30.2 Å². The van der Waals surface area contributed by atoms with E-state index in [4.69, 9.17) is 9.15 Å². The number of thiophene rings is 1. The number of esters is 1. The Morgan fingerprint density at radius 2 is 2.16 bits per heavy atom. The van der Waals surface area contributed by atoms with E-state index in [0.29, 0.717) is 16.8 Å². The zero-order valence-corrected chi connectivity index (χ0v) is 17.2. The van der Waals surface area contributed by atoms with E-state index in [1.807, 2.05) is 23.6 Å². The third-order valence-electron chi connectivity index (χ3n) is 4.55. The Hall–Kier alpha value is -4.09. The lowest BCUT2D eigenvalue weighted by molar-refractivity contribution is 0.0597. The van der Waals surface area contributed by atoms with Crippen molar-refractivity contribution in [2.75, 3.05) is 7.11 Å². The van der Waals surface area contributed by atoms with Crippen molar-refractivity contribution in [1.82, 2.24) is 4.98 Å². The Balaban J connectivity index is 1.70. The van der Waals surface area contributed by atoms with Gasteiger partial charge in [-0.2, -0.15) is 5.26 Å². The quantitative estimate of drug-likeness (QED) is 0.427. The number of benzene rings is 1. The molecule has 0 amide bonds. The topological polar surface area (TPSA) is 106 Å². The maximum absolute atomic E-state index is 11.6. The predicted molar refractivity (Wildman–Crippen MR) is 114 cm³/mol. The number of hydrogen-bond acceptors (Lipinski definition) is 8. The molecule has 3 heterocycles. The van der Waals surface area contributed by atoms with Gasteiger partial charge in [0.15, 0.2) is 0 Å². The van der Waals surface area contributed by atoms with E-state index in [1.165, 1.54) is 36.8 Å². The number of furan rings is 1. The molecule has 0 fully saturated rings. The largest absolute Gasteiger partial charge is 0.507 e. The molecule has 0 bridgehead atoms. The number of ether oxygens (including phenoxy) is 2. The SMILES string of the molecule is COC(=O)c1ccc(COc2nc(-c3cccs3)cc(-c3ccoc3)c2C#N)cc1O. The maximum Gasteiger partial charge on any atom is 0.341 e. The molecule has 154 valence electrons. The van der Waals surface area contributed by atoms with Crippen molar-refractivity contribution in [2.24, 2.45) is 0 Å². The molecular weight excluding hydrogens is 416 g/mol. The first-order chi connectivity index (χ1) is 15.1. The number of phenolic OH excluding ortho intramolecular Hbond substituents is 1. The Bertz CT molecular complexity index is 1260. The van der Waals surface area contributed by atoms with Crippen molar-refractivity contribution < 1.29 is 23.8 Å². The van der Waals surface area contributed by atoms with E-state index in [-0.39, 0.29) is 29.4 Å². The lowest BCUT2D eigenvalue weighted by Crippen LogP contribution is -2.04. The number of methoxy groups -OCH3 is 1. The van der Waals surface area contributed by atoms with Gasteiger partial charge in [-0.15, -0.1) is 11.3 Å². The maximum atomic E-state index is 11.6. The molecule has 0 atom stereocenters. The van der Waals surface area contributed by atoms with Crippen LogP contribution in [0.1, 0.15) is 21.5 Å². The van der Waals surface area contributed by atoms with E-state index in [1.54, 1.807) is 18.4 Å². The summed E-state index contributed by atoms with van der Waals surface area (Å²) in [6.07, 6.45) is 3.09. The molecule has 0 unspecified atom stereocenters. The minimum Gasteiger partial charge on any atom is -0.507 e. The van der Waals surface area contributed by atoms with Gasteiger partial charge in [0.2, 0.25) is 5.88 Å². The summed E-state index contributed by atoms with van der Waals surface area (Å²) in [4.78, 5) is 17.1. The minimum atomic E-state index is -0.633. The number of nitriles is 1. The van der Waals surface area contributed by atoms with Crippen LogP contribution in [0.4, 0.5) is 0 Å². The van der Waals surface area contributed by atoms with Gasteiger partial charge >= 0.3 is 5.97 Å². The van der Waals surface area contributed by atoms with E-state index < -0.39 is 5.97 Å². The summed E-state index contributed by atoms with van der Waals surface area (Å²) in [5.41, 5.74) is 2.99. The van der Waals surface area contributed by atoms with Crippen LogP contribution < -0.4 is 4.74 Å². The number of aromatic nitrogens is 1. The third-order valence-corrected chi connectivity index (χ3v) is 5.44. The normalized spacial score (nSPS) is 10.5. The second-order valence-electron chi connectivity index (χ2n) is 6.47. The molecule has 0 saturated carbocycles. The second-order valence-corrected chi connectivity index (χ2v) is 7.42. The summed E-state index contributed by atoms with van der Waals surface area (Å²) in [6, 6.07) is 14.1. The summed E-state index contributed by atoms with van der Waals surface area (Å²) in [5.74, 6) is -0.680. The van der Waals surface area contributed by atoms with Crippen molar-refractivity contribution in [1.29, 1.82) is 5.26 Å². The molecule has 0 spiro atoms. The fourth-order valence-corrected chi connectivity index (χ4v) is 3.72. The van der Waals surface area contributed by atoms with Gasteiger partial charge < -0.3 is 19.0 Å². The van der Waals surface area contributed by atoms with Gasteiger partial charge in [-0.25, -0.2) is 9.78 Å². The van der Waals surface area contributed by atoms with Crippen LogP contribution in [-0.4, -0.2) is 23.2 Å². The second kappa shape index (κ2) is 8.73. The highest BCUT2D eigenvalue weighted by Gasteiger charge is 2.18. The molecule has 4 aromatic rings. The van der Waals surface area contributed by atoms with Gasteiger partial charge in [0.25, 0.3) is 0 Å². The number of aromatic hydroxyl groups is 1. The first kappa shape index (κ1) is 20.2. The molecule has 3 aromatic heterocycles. The average molecular weight is 432 g/mol. The van der Waals surface area contributed by atoms with Gasteiger partial charge in [0, 0.05) is 11.1 Å². The van der Waals surface area contributed by atoms with Crippen LogP contribution in [0.15, 0.2) is 64.8 Å². The molecule has 0 radical (unpaired) electrons. The number of carbonyl (C=O) groups excluding carboxylic acids is 1. The number of pyridine rings is 1. The smallest absolute Gasteiger partial charge is 0.341 e. The molecule has 8 heteroatoms. The third kappa shape index (κ3) is 4.13. The zero-order valence-electron chi connectivity index (χ0n) is 16.4. The summed E-state index contributed by atoms with van der Waals surface area (Å²) in [6.45, 7) is 0.0371. The Morgan fingerprint density at radius 1 is 1.29 bits per heavy atom. The molecular formula is C23H16N2O5S. The number of carbonyl (C=O) groups is 1. The van der Waals surface area contributed by atoms with E-state index >= 15 is 0 Å². The fourth-order valence-electron chi connectivity index (χ4n) is 3.03. The number of nitrogens with zero attached hydrogens (tertiary/aromatic N) is 2. The molecule has 0 aliphatic rings. The van der Waals surface area contributed by atoms with Gasteiger partial charge in [-0.05, 0) is 41.3 Å². The Kier molecular flexibility index (Phi) is 5.69. The lowest BCUT2D eigenvalue weighted by Gasteiger charge is -2.12. The minimum absolute atomic E-state index is 0.0371. The summed E-state index contributed by atoms with van der Waals surface area (Å²) in [7, 11) is 1.24. The first-order valence-electron chi connectivity index (χ1n) is 9.15. The number of hydrogen-bond donors (Lipinski definition) is 1. The van der Waals surface area contributed by atoms with E-state index in [0.717, 1.165) is 10.4 Å². The standard InChI is InChI=1S/C23H16N2O5S/c1-28-23(27)16-5-4-14(9-20(16)26)12-30-22-18(11-24)17(15-6-7-29-13-15)10-19(25-22)21-3-2-8-31-21/h2-10,13,26H,12H2,1H3. The summed E-state index contributed by atoms with van der Waals surface area (Å²) >= 11 is 1.53. The van der Waals surface area contributed by atoms with Crippen molar-refractivity contribution in [2.45, 2.75) is 6.61 Å². The summed E-state index contributed by atoms with van der Waals surface area (Å²) < 4.78 is 15.7. The van der Waals surface area contributed by atoms with Gasteiger partial charge in [-0.3, -0.25) is 0 Å². The van der Waals surface area contributed by atoms with E-state index in [2.05, 4.69) is 15.8 Å². The van der Waals surface area contributed by atoms with Crippen LogP contribution in [0.5, 0.6) is 11.6 Å². The molecule has 4 rings (SSSR count). The number of phenols is 1. The molecule has 1 N–H and O–H groups in total. The van der Waals surface area contributed by atoms with Crippen molar-refractivity contribution >= 4 is 17.3 Å². The molecule has 0 saturated heterocycles. The zero-order chi connectivity index (χ0) is 21.8. The molecule has 0 aliphatic heterocycles. The Morgan fingerprint density at radius 3 is 2.81 bits per heavy atom. The lowest BCUT2D eigenvalue weighted by atomic mass is 10.0. The molecule has 0 aliphatic carbocycles. The van der Waals surface area contributed by atoms with Crippen LogP contribution in [0.25, 0.3) is 21.7 Å². The predicted octanol–water partition coefficient (Wildman–Crippen LogP) is 5.01. The van der Waals surface area contributed by atoms with E-state index in [9.17, 15) is 15.2 Å². The first-order valence-corrected chi connectivity index (χ1v) is 10.0. The van der Waals surface area contributed by atoms with Gasteiger partial charge in [0.1, 0.15) is 29.6 Å². The van der Waals surface area contributed by atoms with Crippen molar-refractivity contribution in [3.63, 3.8) is 0 Å². The van der Waals surface area contributed by atoms with Crippen LogP contribution >= 0.6 is 11.3 Å². The van der Waals surface area contributed by atoms with Gasteiger partial charge in [-0.1, -0.05) is 12.1 Å². The number of rotatable bonds is 6. The Labute approximate surface area is 181 Å². The highest BCUT2D eigenvalue weighted by atomic mass is 32.1. The summed E-state index contributed by atoms with van der Waals surface area (Å²) in [5, 5.41) is 21.8. The monoisotopic (exact) mass is 432 g/mol. The average Bonchev–Trinajstić information content (AvgIpc) is 3.51. The van der Waals surface area contributed by atoms with Crippen LogP contribution in [0.3, 0.4) is 0 Å². The van der Waals surface area contributed by atoms with Crippen LogP contribution in [0.2, 0.25) is 0 Å². The molecule has 31 heavy (non-hydrogen) atoms.